The van der Waals surface area contributed by atoms with E-state index in [-0.39, 0.29) is 41.8 Å². The van der Waals surface area contributed by atoms with Crippen molar-refractivity contribution in [3.8, 4) is 23.3 Å². The third-order valence-electron chi connectivity index (χ3n) is 12.5. The summed E-state index contributed by atoms with van der Waals surface area (Å²) < 4.78 is 6.79. The maximum absolute atomic E-state index is 12.0. The van der Waals surface area contributed by atoms with E-state index >= 15 is 0 Å². The molecule has 0 amide bonds. The smallest absolute Gasteiger partial charge is 0.161 e. The maximum atomic E-state index is 12.0. The standard InChI is InChI=1S/C43H57N3O6S2/c1-2-25-6-3-4-8-36(48)41-28(10-9-25)16-26-11-12-27-18-37(49)39(21-34(27)33(26)20-38(41)50)52-40-19-29(17-31-7-5-14-45-31)32-13-15-46-43(44)35(32)24-54-53-23-30(22-47)42(40)51/h5,7,13-14,16,18,21,25,28-30,33,36,38,40-42,45-51H,2-4,6,8,11-12,15,17,19-20,22-24,44H2,1H3. The van der Waals surface area contributed by atoms with Crippen LogP contribution in [0.1, 0.15) is 81.0 Å². The van der Waals surface area contributed by atoms with E-state index in [1.165, 1.54) is 5.57 Å². The minimum Gasteiger partial charge on any atom is -0.504 e. The van der Waals surface area contributed by atoms with Gasteiger partial charge in [0.1, 0.15) is 11.9 Å². The number of aromatic nitrogens is 1. The summed E-state index contributed by atoms with van der Waals surface area (Å²) in [5.74, 6) is 8.28. The predicted octanol–water partition coefficient (Wildman–Crippen LogP) is 5.70. The van der Waals surface area contributed by atoms with Gasteiger partial charge in [0, 0.05) is 71.7 Å². The minimum absolute atomic E-state index is 0.00946. The van der Waals surface area contributed by atoms with Crippen molar-refractivity contribution in [2.24, 2.45) is 35.3 Å². The van der Waals surface area contributed by atoms with Crippen LogP contribution in [0, 0.1) is 41.4 Å². The molecule has 3 aliphatic carbocycles. The molecule has 7 rings (SSSR count). The summed E-state index contributed by atoms with van der Waals surface area (Å²) in [6.45, 7) is 2.58. The van der Waals surface area contributed by atoms with Crippen LogP contribution in [0.4, 0.5) is 0 Å². The second-order valence-electron chi connectivity index (χ2n) is 15.9. The van der Waals surface area contributed by atoms with Gasteiger partial charge < -0.3 is 46.3 Å². The quantitative estimate of drug-likeness (QED) is 0.104. The van der Waals surface area contributed by atoms with Crippen molar-refractivity contribution in [3.63, 3.8) is 0 Å². The Bertz CT molecular complexity index is 1770. The molecule has 292 valence electrons. The molecule has 1 fully saturated rings. The summed E-state index contributed by atoms with van der Waals surface area (Å²) in [6, 6.07) is 7.74. The molecular formula is C43H57N3O6S2. The first-order valence-corrected chi connectivity index (χ1v) is 22.4. The number of nitrogens with one attached hydrogen (secondary N) is 2. The van der Waals surface area contributed by atoms with Crippen molar-refractivity contribution < 1.29 is 30.3 Å². The van der Waals surface area contributed by atoms with Gasteiger partial charge in [-0.1, -0.05) is 70.9 Å². The minimum atomic E-state index is -1.01. The van der Waals surface area contributed by atoms with Crippen LogP contribution in [0.25, 0.3) is 0 Å². The van der Waals surface area contributed by atoms with E-state index in [1.54, 1.807) is 27.7 Å². The number of benzene rings is 1. The fourth-order valence-corrected chi connectivity index (χ4v) is 11.9. The summed E-state index contributed by atoms with van der Waals surface area (Å²) in [5, 5.41) is 60.6. The Kier molecular flexibility index (Phi) is 13.0. The third kappa shape index (κ3) is 8.69. The molecule has 0 spiro atoms. The van der Waals surface area contributed by atoms with Crippen molar-refractivity contribution in [3.05, 3.63) is 82.0 Å². The van der Waals surface area contributed by atoms with Crippen LogP contribution < -0.4 is 15.8 Å². The van der Waals surface area contributed by atoms with E-state index in [0.717, 1.165) is 66.5 Å². The lowest BCUT2D eigenvalue weighted by Gasteiger charge is -2.34. The van der Waals surface area contributed by atoms with Crippen molar-refractivity contribution in [2.75, 3.05) is 24.7 Å². The molecule has 5 aliphatic rings. The topological polar surface area (TPSA) is 164 Å². The van der Waals surface area contributed by atoms with Crippen molar-refractivity contribution in [1.82, 2.24) is 10.3 Å². The normalized spacial score (nSPS) is 33.4. The molecule has 0 radical (unpaired) electrons. The molecule has 54 heavy (non-hydrogen) atoms. The maximum Gasteiger partial charge on any atom is 0.161 e. The summed E-state index contributed by atoms with van der Waals surface area (Å²) in [4.78, 5) is 3.35. The van der Waals surface area contributed by atoms with Gasteiger partial charge in [-0.25, -0.2) is 0 Å². The molecule has 11 heteroatoms. The number of fused-ring (bicyclic) bond motifs is 5. The van der Waals surface area contributed by atoms with E-state index in [9.17, 15) is 25.5 Å². The number of allylic oxidation sites excluding steroid dienone is 3. The summed E-state index contributed by atoms with van der Waals surface area (Å²) >= 11 is 0. The number of rotatable bonds is 6. The molecule has 10 atom stereocenters. The van der Waals surface area contributed by atoms with E-state index in [1.807, 2.05) is 18.3 Å². The Labute approximate surface area is 327 Å². The van der Waals surface area contributed by atoms with Gasteiger partial charge in [0.25, 0.3) is 0 Å². The van der Waals surface area contributed by atoms with Gasteiger partial charge in [-0.3, -0.25) is 0 Å². The highest BCUT2D eigenvalue weighted by Crippen LogP contribution is 2.48. The first-order chi connectivity index (χ1) is 26.2. The number of H-pyrrole nitrogens is 1. The van der Waals surface area contributed by atoms with Crippen LogP contribution in [0.3, 0.4) is 0 Å². The van der Waals surface area contributed by atoms with Gasteiger partial charge in [-0.2, -0.15) is 0 Å². The molecule has 3 heterocycles. The van der Waals surface area contributed by atoms with Gasteiger partial charge >= 0.3 is 0 Å². The van der Waals surface area contributed by atoms with Crippen LogP contribution >= 0.6 is 21.6 Å². The van der Waals surface area contributed by atoms with Crippen LogP contribution in [0.5, 0.6) is 11.5 Å². The molecule has 0 saturated carbocycles. The SMILES string of the molecule is CCC1C#CC2C=C3CCc4cc(O)c(OC5CC(Cc6ccc[nH]6)C6=CCNC(N)=C6CSSCC(CO)C5O)cc4C3CC(O)C2C(O)CCCC1. The number of aryl methyl sites for hydroxylation is 1. The highest BCUT2D eigenvalue weighted by Gasteiger charge is 2.41. The fourth-order valence-electron chi connectivity index (χ4n) is 9.35. The average Bonchev–Trinajstić information content (AvgIpc) is 3.62. The zero-order valence-electron chi connectivity index (χ0n) is 31.3. The number of phenols is 1. The number of aliphatic hydroxyl groups excluding tert-OH is 4. The largest absolute Gasteiger partial charge is 0.504 e. The first-order valence-electron chi connectivity index (χ1n) is 19.9. The molecular weight excluding hydrogens is 719 g/mol. The Morgan fingerprint density at radius 1 is 1.04 bits per heavy atom. The number of aromatic hydroxyl groups is 1. The highest BCUT2D eigenvalue weighted by molar-refractivity contribution is 8.76. The molecule has 10 unspecified atom stereocenters. The number of hydrogen-bond acceptors (Lipinski definition) is 10. The van der Waals surface area contributed by atoms with E-state index in [0.29, 0.717) is 55.5 Å². The molecule has 2 aliphatic heterocycles. The summed E-state index contributed by atoms with van der Waals surface area (Å²) in [5.41, 5.74) is 13.0. The number of phenolic OH excluding ortho intramolecular Hbond substituents is 1. The van der Waals surface area contributed by atoms with Gasteiger partial charge in [-0.15, -0.1) is 0 Å². The van der Waals surface area contributed by atoms with Gasteiger partial charge in [0.05, 0.1) is 18.3 Å². The number of hydrogen-bond donors (Lipinski definition) is 8. The molecule has 1 aromatic heterocycles. The lowest BCUT2D eigenvalue weighted by Crippen LogP contribution is -2.42. The summed E-state index contributed by atoms with van der Waals surface area (Å²) in [7, 11) is 3.27. The third-order valence-corrected chi connectivity index (χ3v) is 14.9. The van der Waals surface area contributed by atoms with E-state index < -0.39 is 30.3 Å². The monoisotopic (exact) mass is 775 g/mol. The van der Waals surface area contributed by atoms with Crippen LogP contribution in [-0.2, 0) is 12.8 Å². The van der Waals surface area contributed by atoms with Crippen molar-refractivity contribution in [1.29, 1.82) is 0 Å². The van der Waals surface area contributed by atoms with Gasteiger partial charge in [0.2, 0.25) is 0 Å². The van der Waals surface area contributed by atoms with E-state index in [2.05, 4.69) is 47.3 Å². The van der Waals surface area contributed by atoms with Gasteiger partial charge in [0.15, 0.2) is 11.5 Å². The van der Waals surface area contributed by atoms with Crippen molar-refractivity contribution in [2.45, 2.75) is 101 Å². The Morgan fingerprint density at radius 2 is 1.89 bits per heavy atom. The second-order valence-corrected chi connectivity index (χ2v) is 18.4. The Morgan fingerprint density at radius 3 is 2.69 bits per heavy atom. The molecule has 1 saturated heterocycles. The van der Waals surface area contributed by atoms with Crippen LogP contribution in [-0.4, -0.2) is 79.6 Å². The van der Waals surface area contributed by atoms with Crippen LogP contribution in [0.2, 0.25) is 0 Å². The Balaban J connectivity index is 1.24. The predicted molar refractivity (Wildman–Crippen MR) is 217 cm³/mol. The van der Waals surface area contributed by atoms with Crippen molar-refractivity contribution >= 4 is 21.6 Å². The molecule has 1 aromatic carbocycles. The zero-order valence-corrected chi connectivity index (χ0v) is 32.9. The fraction of sp³-hybridized carbons (Fsp3) is 0.581. The molecule has 0 bridgehead atoms. The number of aromatic amines is 1. The second kappa shape index (κ2) is 17.9. The van der Waals surface area contributed by atoms with Gasteiger partial charge in [-0.05, 0) is 98.2 Å². The zero-order chi connectivity index (χ0) is 37.8. The van der Waals surface area contributed by atoms with Crippen LogP contribution in [0.15, 0.2) is 65.2 Å². The number of aliphatic hydroxyl groups is 4. The van der Waals surface area contributed by atoms with E-state index in [4.69, 9.17) is 10.5 Å². The number of nitrogens with two attached hydrogens (primary N) is 1. The summed E-state index contributed by atoms with van der Waals surface area (Å²) in [6.07, 6.45) is 10.9. The lowest BCUT2D eigenvalue weighted by atomic mass is 9.76. The molecule has 9 nitrogen and oxygen atoms in total. The average molecular weight is 776 g/mol. The number of dihydropyridines is 1. The first kappa shape index (κ1) is 39.3. The lowest BCUT2D eigenvalue weighted by molar-refractivity contribution is -0.0214. The Hall–Kier alpha value is -2.98. The molecule has 9 N–H and O–H groups in total. The molecule has 2 aromatic rings. The highest BCUT2D eigenvalue weighted by atomic mass is 33.1. The number of ether oxygens (including phenoxy) is 1.